The normalized spacial score (nSPS) is 24.0. The molecule has 0 amide bonds. The van der Waals surface area contributed by atoms with Gasteiger partial charge in [0, 0.05) is 12.0 Å². The van der Waals surface area contributed by atoms with Crippen LogP contribution in [0.3, 0.4) is 0 Å². The van der Waals surface area contributed by atoms with E-state index in [1.165, 1.54) is 12.1 Å². The molecule has 3 nitrogen and oxygen atoms in total. The van der Waals surface area contributed by atoms with Gasteiger partial charge in [0.2, 0.25) is 10.0 Å². The quantitative estimate of drug-likeness (QED) is 0.924. The number of benzene rings is 1. The Morgan fingerprint density at radius 2 is 1.84 bits per heavy atom. The summed E-state index contributed by atoms with van der Waals surface area (Å²) >= 11 is 0. The topological polar surface area (TPSA) is 46.2 Å². The molecular formula is C14H20FNO2S. The van der Waals surface area contributed by atoms with Crippen molar-refractivity contribution < 1.29 is 12.8 Å². The van der Waals surface area contributed by atoms with Gasteiger partial charge in [0.05, 0.1) is 5.25 Å². The molecule has 0 unspecified atom stereocenters. The van der Waals surface area contributed by atoms with Gasteiger partial charge in [-0.25, -0.2) is 17.5 Å². The van der Waals surface area contributed by atoms with Crippen LogP contribution in [0, 0.1) is 5.82 Å². The molecule has 1 aliphatic rings. The Hall–Kier alpha value is -0.940. The van der Waals surface area contributed by atoms with E-state index in [1.807, 2.05) is 0 Å². The number of hydrogen-bond acceptors (Lipinski definition) is 2. The van der Waals surface area contributed by atoms with Crippen LogP contribution in [-0.2, 0) is 10.0 Å². The van der Waals surface area contributed by atoms with E-state index >= 15 is 0 Å². The van der Waals surface area contributed by atoms with Crippen LogP contribution in [-0.4, -0.2) is 19.7 Å². The van der Waals surface area contributed by atoms with Gasteiger partial charge in [-0.2, -0.15) is 0 Å². The van der Waals surface area contributed by atoms with Gasteiger partial charge in [0.15, 0.2) is 0 Å². The number of sulfonamides is 1. The van der Waals surface area contributed by atoms with Crippen LogP contribution < -0.4 is 4.72 Å². The molecule has 0 saturated heterocycles. The predicted molar refractivity (Wildman–Crippen MR) is 74.0 cm³/mol. The summed E-state index contributed by atoms with van der Waals surface area (Å²) in [4.78, 5) is 0. The first-order chi connectivity index (χ1) is 8.90. The number of nitrogens with one attached hydrogen (secondary N) is 1. The van der Waals surface area contributed by atoms with Crippen molar-refractivity contribution >= 4 is 10.0 Å². The van der Waals surface area contributed by atoms with Crippen LogP contribution in [0.25, 0.3) is 0 Å². The highest BCUT2D eigenvalue weighted by molar-refractivity contribution is 7.90. The van der Waals surface area contributed by atoms with E-state index in [4.69, 9.17) is 0 Å². The molecule has 1 aromatic rings. The third-order valence-corrected chi connectivity index (χ3v) is 5.62. The summed E-state index contributed by atoms with van der Waals surface area (Å²) in [5.74, 6) is -0.116. The van der Waals surface area contributed by atoms with Crippen LogP contribution in [0.5, 0.6) is 0 Å². The van der Waals surface area contributed by atoms with Crippen molar-refractivity contribution in [2.24, 2.45) is 0 Å². The fraction of sp³-hybridized carbons (Fsp3) is 0.571. The summed E-state index contributed by atoms with van der Waals surface area (Å²) in [5.41, 5.74) is 1.01. The summed E-state index contributed by atoms with van der Waals surface area (Å²) in [6, 6.07) is 6.30. The molecule has 0 heterocycles. The highest BCUT2D eigenvalue weighted by atomic mass is 32.2. The van der Waals surface area contributed by atoms with Gasteiger partial charge in [-0.1, -0.05) is 18.6 Å². The largest absolute Gasteiger partial charge is 0.214 e. The molecule has 1 N–H and O–H groups in total. The summed E-state index contributed by atoms with van der Waals surface area (Å²) < 4.78 is 39.6. The first kappa shape index (κ1) is 14.5. The molecule has 5 heteroatoms. The SMILES string of the molecule is CC(C)S(=O)(=O)N[C@@H]1CCC[C@@H]1c1ccc(F)cc1. The molecule has 0 bridgehead atoms. The van der Waals surface area contributed by atoms with E-state index in [1.54, 1.807) is 26.0 Å². The predicted octanol–water partition coefficient (Wildman–Crippen LogP) is 2.79. The second kappa shape index (κ2) is 5.59. The molecule has 2 atom stereocenters. The fourth-order valence-electron chi connectivity index (χ4n) is 2.56. The minimum Gasteiger partial charge on any atom is -0.212 e. The molecule has 0 radical (unpaired) electrons. The van der Waals surface area contributed by atoms with Crippen molar-refractivity contribution in [1.82, 2.24) is 4.72 Å². The lowest BCUT2D eigenvalue weighted by atomic mass is 9.95. The van der Waals surface area contributed by atoms with Gasteiger partial charge in [-0.3, -0.25) is 0 Å². The molecule has 1 fully saturated rings. The summed E-state index contributed by atoms with van der Waals surface area (Å²) in [6.07, 6.45) is 2.78. The Bertz CT molecular complexity index is 525. The monoisotopic (exact) mass is 285 g/mol. The van der Waals surface area contributed by atoms with Crippen LogP contribution in [0.4, 0.5) is 4.39 Å². The van der Waals surface area contributed by atoms with E-state index in [0.717, 1.165) is 24.8 Å². The molecule has 0 aromatic heterocycles. The van der Waals surface area contributed by atoms with E-state index < -0.39 is 15.3 Å². The number of hydrogen-bond donors (Lipinski definition) is 1. The van der Waals surface area contributed by atoms with E-state index in [9.17, 15) is 12.8 Å². The van der Waals surface area contributed by atoms with Crippen LogP contribution in [0.1, 0.15) is 44.6 Å². The van der Waals surface area contributed by atoms with Crippen molar-refractivity contribution in [3.8, 4) is 0 Å². The Kier molecular flexibility index (Phi) is 4.26. The molecule has 1 aliphatic carbocycles. The number of rotatable bonds is 4. The molecule has 1 aromatic carbocycles. The number of halogens is 1. The van der Waals surface area contributed by atoms with E-state index in [0.29, 0.717) is 0 Å². The summed E-state index contributed by atoms with van der Waals surface area (Å²) in [5, 5.41) is -0.429. The molecule has 0 aliphatic heterocycles. The van der Waals surface area contributed by atoms with E-state index in [2.05, 4.69) is 4.72 Å². The fourth-order valence-corrected chi connectivity index (χ4v) is 3.53. The van der Waals surface area contributed by atoms with Crippen molar-refractivity contribution in [2.45, 2.75) is 50.3 Å². The first-order valence-electron chi connectivity index (χ1n) is 6.67. The summed E-state index contributed by atoms with van der Waals surface area (Å²) in [7, 11) is -3.25. The lowest BCUT2D eigenvalue weighted by molar-refractivity contribution is 0.519. The third-order valence-electron chi connectivity index (χ3n) is 3.75. The molecular weight excluding hydrogens is 265 g/mol. The van der Waals surface area contributed by atoms with Gasteiger partial charge in [0.1, 0.15) is 5.82 Å². The molecule has 106 valence electrons. The lowest BCUT2D eigenvalue weighted by Gasteiger charge is -2.22. The minimum atomic E-state index is -3.25. The smallest absolute Gasteiger partial charge is 0.212 e. The Labute approximate surface area is 114 Å². The van der Waals surface area contributed by atoms with E-state index in [-0.39, 0.29) is 17.8 Å². The zero-order chi connectivity index (χ0) is 14.0. The molecule has 2 rings (SSSR count). The van der Waals surface area contributed by atoms with Crippen LogP contribution >= 0.6 is 0 Å². The van der Waals surface area contributed by atoms with Crippen molar-refractivity contribution in [3.63, 3.8) is 0 Å². The van der Waals surface area contributed by atoms with Gasteiger partial charge in [-0.15, -0.1) is 0 Å². The average molecular weight is 285 g/mol. The third kappa shape index (κ3) is 3.34. The maximum absolute atomic E-state index is 12.9. The van der Waals surface area contributed by atoms with Gasteiger partial charge < -0.3 is 0 Å². The average Bonchev–Trinajstić information content (AvgIpc) is 2.77. The molecule has 0 spiro atoms. The van der Waals surface area contributed by atoms with Crippen LogP contribution in [0.2, 0.25) is 0 Å². The van der Waals surface area contributed by atoms with Gasteiger partial charge in [-0.05, 0) is 44.4 Å². The second-order valence-corrected chi connectivity index (χ2v) is 7.68. The Balaban J connectivity index is 2.15. The standard InChI is InChI=1S/C14H20FNO2S/c1-10(2)19(17,18)16-14-5-3-4-13(14)11-6-8-12(15)9-7-11/h6-10,13-14,16H,3-5H2,1-2H3/t13-,14-/m1/s1. The zero-order valence-corrected chi connectivity index (χ0v) is 12.1. The van der Waals surface area contributed by atoms with Crippen molar-refractivity contribution in [1.29, 1.82) is 0 Å². The zero-order valence-electron chi connectivity index (χ0n) is 11.3. The highest BCUT2D eigenvalue weighted by Crippen LogP contribution is 2.35. The van der Waals surface area contributed by atoms with Gasteiger partial charge in [0.25, 0.3) is 0 Å². The van der Waals surface area contributed by atoms with Crippen LogP contribution in [0.15, 0.2) is 24.3 Å². The maximum atomic E-state index is 12.9. The summed E-state index contributed by atoms with van der Waals surface area (Å²) in [6.45, 7) is 3.34. The van der Waals surface area contributed by atoms with Crippen molar-refractivity contribution in [3.05, 3.63) is 35.6 Å². The van der Waals surface area contributed by atoms with Crippen molar-refractivity contribution in [2.75, 3.05) is 0 Å². The minimum absolute atomic E-state index is 0.0714. The maximum Gasteiger partial charge on any atom is 0.214 e. The molecule has 1 saturated carbocycles. The highest BCUT2D eigenvalue weighted by Gasteiger charge is 2.32. The lowest BCUT2D eigenvalue weighted by Crippen LogP contribution is -2.40. The first-order valence-corrected chi connectivity index (χ1v) is 8.21. The van der Waals surface area contributed by atoms with Gasteiger partial charge >= 0.3 is 0 Å². The Morgan fingerprint density at radius 1 is 1.21 bits per heavy atom. The molecule has 19 heavy (non-hydrogen) atoms. The second-order valence-electron chi connectivity index (χ2n) is 5.41. The Morgan fingerprint density at radius 3 is 2.42 bits per heavy atom.